The molecule has 8 rings (SSSR count). The number of hydrogen-bond donors (Lipinski definition) is 7. The van der Waals surface area contributed by atoms with Crippen LogP contribution in [0.3, 0.4) is 0 Å². The Morgan fingerprint density at radius 1 is 0.500 bits per heavy atom. The third-order valence-corrected chi connectivity index (χ3v) is 13.4. The molecule has 0 saturated heterocycles. The first-order valence-corrected chi connectivity index (χ1v) is 27.3. The van der Waals surface area contributed by atoms with Gasteiger partial charge in [0.25, 0.3) is 11.1 Å². The van der Waals surface area contributed by atoms with Crippen molar-refractivity contribution in [1.29, 1.82) is 0 Å². The number of anilines is 4. The number of ether oxygens (including phenoxy) is 4. The van der Waals surface area contributed by atoms with Gasteiger partial charge >= 0.3 is 12.1 Å². The standard InChI is InChI=1S/C63H74N10O9/c1-60(2,3)40-23-37(24-41(29-40)61(4,5)6)35-81-49-27-39(28-50(51(49)79-22-14-13-21-74)82-36-38-25-42(62(7,8)9)30-43(26-38)63(10,11)12)34-80-46-32-44(66-58(77)72-56-68-52-47(54(75)70-56)17-15-19-64-52)31-45(33-46)67-59(78)73-57-69-53-48(55(76)71-57)18-16-20-65-53/h15-20,23-33,74H,13-14,21-22,34-36H2,1-12H3,(H3,64,66,68,70,72,75,77)(H3,65,67,69,71,73,76,78). The number of aliphatic hydroxyl groups is 1. The zero-order valence-corrected chi connectivity index (χ0v) is 48.8. The molecule has 0 saturated carbocycles. The smallest absolute Gasteiger partial charge is 0.326 e. The Balaban J connectivity index is 1.16. The Bertz CT molecular complexity index is 3460. The highest BCUT2D eigenvalue weighted by molar-refractivity contribution is 6.02. The summed E-state index contributed by atoms with van der Waals surface area (Å²) < 4.78 is 26.8. The number of pyridine rings is 2. The quantitative estimate of drug-likeness (QED) is 0.0395. The number of H-pyrrole nitrogens is 2. The van der Waals surface area contributed by atoms with Gasteiger partial charge in [0, 0.05) is 42.5 Å². The summed E-state index contributed by atoms with van der Waals surface area (Å²) in [7, 11) is 0. The highest BCUT2D eigenvalue weighted by atomic mass is 16.5. The van der Waals surface area contributed by atoms with Crippen LogP contribution in [-0.2, 0) is 41.5 Å². The number of aliphatic hydroxyl groups excluding tert-OH is 1. The van der Waals surface area contributed by atoms with E-state index >= 15 is 0 Å². The number of unbranched alkanes of at least 4 members (excludes halogenated alkanes) is 1. The Kier molecular flexibility index (Phi) is 17.7. The minimum Gasteiger partial charge on any atom is -0.489 e. The molecule has 19 heteroatoms. The molecule has 4 aromatic carbocycles. The SMILES string of the molecule is CC(C)(C)c1cc(COc2cc(COc3cc(NC(=O)Nc4nc5ncccc5c(=O)[nH]4)cc(NC(=O)Nc4nc5ncccc5c(=O)[nH]4)c3)cc(OCc3cc(C(C)(C)C)cc(C(C)(C)C)c3)c2OCCCCO)cc(C(C)(C)C)c1. The van der Waals surface area contributed by atoms with E-state index in [-0.39, 0.29) is 106 Å². The molecule has 0 bridgehead atoms. The second-order valence-corrected chi connectivity index (χ2v) is 24.4. The first-order chi connectivity index (χ1) is 38.7. The van der Waals surface area contributed by atoms with E-state index < -0.39 is 23.2 Å². The normalized spacial score (nSPS) is 12.0. The van der Waals surface area contributed by atoms with Crippen molar-refractivity contribution in [2.75, 3.05) is 34.5 Å². The molecule has 0 atom stereocenters. The molecule has 0 spiro atoms. The van der Waals surface area contributed by atoms with Gasteiger partial charge in [-0.05, 0) is 116 Å². The molecule has 19 nitrogen and oxygen atoms in total. The number of amides is 4. The Labute approximate surface area is 477 Å². The number of aromatic nitrogens is 6. The van der Waals surface area contributed by atoms with Gasteiger partial charge in [-0.2, -0.15) is 9.97 Å². The summed E-state index contributed by atoms with van der Waals surface area (Å²) >= 11 is 0. The van der Waals surface area contributed by atoms with Crippen LogP contribution in [0.4, 0.5) is 32.9 Å². The van der Waals surface area contributed by atoms with Crippen LogP contribution in [-0.4, -0.2) is 60.3 Å². The van der Waals surface area contributed by atoms with Crippen LogP contribution >= 0.6 is 0 Å². The van der Waals surface area contributed by atoms with Gasteiger partial charge in [-0.3, -0.25) is 30.2 Å². The molecule has 0 aliphatic carbocycles. The van der Waals surface area contributed by atoms with Crippen LogP contribution in [0.5, 0.6) is 23.0 Å². The van der Waals surface area contributed by atoms with Crippen LogP contribution in [0.1, 0.15) is 135 Å². The van der Waals surface area contributed by atoms with Gasteiger partial charge in [0.2, 0.25) is 17.6 Å². The molecule has 0 radical (unpaired) electrons. The highest BCUT2D eigenvalue weighted by Gasteiger charge is 2.25. The second-order valence-electron chi connectivity index (χ2n) is 24.4. The molecule has 4 aromatic heterocycles. The zero-order chi connectivity index (χ0) is 59.1. The van der Waals surface area contributed by atoms with E-state index in [1.54, 1.807) is 36.4 Å². The first kappa shape index (κ1) is 59.3. The topological polar surface area (TPSA) is 257 Å². The van der Waals surface area contributed by atoms with Crippen molar-refractivity contribution in [3.8, 4) is 23.0 Å². The molecule has 82 heavy (non-hydrogen) atoms. The minimum absolute atomic E-state index is 0.0105. The van der Waals surface area contributed by atoms with Gasteiger partial charge in [-0.15, -0.1) is 0 Å². The number of nitrogens with one attached hydrogen (secondary N) is 6. The molecule has 4 heterocycles. The molecular weight excluding hydrogens is 1040 g/mol. The van der Waals surface area contributed by atoms with Crippen molar-refractivity contribution in [3.63, 3.8) is 0 Å². The van der Waals surface area contributed by atoms with E-state index in [9.17, 15) is 24.3 Å². The Morgan fingerprint density at radius 2 is 0.902 bits per heavy atom. The maximum absolute atomic E-state index is 13.6. The van der Waals surface area contributed by atoms with Gasteiger partial charge in [0.15, 0.2) is 22.8 Å². The molecule has 0 aliphatic heterocycles. The summed E-state index contributed by atoms with van der Waals surface area (Å²) in [5, 5.41) is 20.8. The molecule has 0 aliphatic rings. The molecule has 8 aromatic rings. The van der Waals surface area contributed by atoms with Crippen LogP contribution < -0.4 is 51.3 Å². The summed E-state index contributed by atoms with van der Waals surface area (Å²) in [6, 6.07) is 26.2. The van der Waals surface area contributed by atoms with Crippen molar-refractivity contribution in [2.24, 2.45) is 0 Å². The average Bonchev–Trinajstić information content (AvgIpc) is 3.39. The summed E-state index contributed by atoms with van der Waals surface area (Å²) in [5.74, 6) is 1.07. The maximum atomic E-state index is 13.6. The number of rotatable bonds is 18. The third kappa shape index (κ3) is 15.5. The number of urea groups is 2. The summed E-state index contributed by atoms with van der Waals surface area (Å²) in [6.45, 7) is 26.9. The minimum atomic E-state index is -0.792. The lowest BCUT2D eigenvalue weighted by Crippen LogP contribution is -2.24. The van der Waals surface area contributed by atoms with E-state index in [0.717, 1.165) is 11.1 Å². The van der Waals surface area contributed by atoms with Crippen LogP contribution in [0.15, 0.2) is 113 Å². The number of nitrogens with zero attached hydrogens (tertiary/aromatic N) is 4. The predicted octanol–water partition coefficient (Wildman–Crippen LogP) is 12.3. The molecule has 430 valence electrons. The lowest BCUT2D eigenvalue weighted by molar-refractivity contribution is 0.220. The lowest BCUT2D eigenvalue weighted by Gasteiger charge is -2.27. The number of hydrogen-bond acceptors (Lipinski definition) is 13. The van der Waals surface area contributed by atoms with E-state index in [0.29, 0.717) is 35.7 Å². The molecular formula is C63H74N10O9. The van der Waals surface area contributed by atoms with Crippen LogP contribution in [0.2, 0.25) is 0 Å². The van der Waals surface area contributed by atoms with Gasteiger partial charge in [-0.25, -0.2) is 19.6 Å². The van der Waals surface area contributed by atoms with Crippen molar-refractivity contribution >= 4 is 57.4 Å². The molecule has 7 N–H and O–H groups in total. The number of carbonyl (C=O) groups excluding carboxylic acids is 2. The number of benzene rings is 4. The van der Waals surface area contributed by atoms with Crippen LogP contribution in [0, 0.1) is 0 Å². The highest BCUT2D eigenvalue weighted by Crippen LogP contribution is 2.42. The van der Waals surface area contributed by atoms with Gasteiger partial charge in [0.1, 0.15) is 25.6 Å². The van der Waals surface area contributed by atoms with Gasteiger partial charge in [0.05, 0.1) is 17.4 Å². The zero-order valence-electron chi connectivity index (χ0n) is 48.8. The maximum Gasteiger partial charge on any atom is 0.326 e. The van der Waals surface area contributed by atoms with Crippen LogP contribution in [0.25, 0.3) is 22.1 Å². The fourth-order valence-electron chi connectivity index (χ4n) is 8.66. The molecule has 0 unspecified atom stereocenters. The fourth-order valence-corrected chi connectivity index (χ4v) is 8.66. The van der Waals surface area contributed by atoms with Crippen molar-refractivity contribution < 1.29 is 33.6 Å². The number of fused-ring (bicyclic) bond motifs is 2. The molecule has 0 fully saturated rings. The second kappa shape index (κ2) is 24.5. The monoisotopic (exact) mass is 1110 g/mol. The number of aromatic amines is 2. The van der Waals surface area contributed by atoms with E-state index in [1.165, 1.54) is 40.7 Å². The largest absolute Gasteiger partial charge is 0.489 e. The summed E-state index contributed by atoms with van der Waals surface area (Å²) in [5.41, 5.74) is 6.28. The van der Waals surface area contributed by atoms with Gasteiger partial charge < -0.3 is 34.7 Å². The summed E-state index contributed by atoms with van der Waals surface area (Å²) in [6.07, 6.45) is 4.07. The van der Waals surface area contributed by atoms with Crippen molar-refractivity contribution in [1.82, 2.24) is 29.9 Å². The Hall–Kier alpha value is -8.84. The predicted molar refractivity (Wildman–Crippen MR) is 321 cm³/mol. The van der Waals surface area contributed by atoms with Crippen molar-refractivity contribution in [2.45, 2.75) is 137 Å². The van der Waals surface area contributed by atoms with Gasteiger partial charge in [-0.1, -0.05) is 119 Å². The summed E-state index contributed by atoms with van der Waals surface area (Å²) in [4.78, 5) is 74.8. The molecule has 4 amide bonds. The lowest BCUT2D eigenvalue weighted by atomic mass is 9.79. The Morgan fingerprint density at radius 3 is 1.30 bits per heavy atom. The average molecular weight is 1120 g/mol. The third-order valence-electron chi connectivity index (χ3n) is 13.4. The fraction of sp³-hybridized carbons (Fsp3) is 0.365. The van der Waals surface area contributed by atoms with E-state index in [4.69, 9.17) is 18.9 Å². The van der Waals surface area contributed by atoms with E-state index in [2.05, 4.69) is 171 Å². The van der Waals surface area contributed by atoms with E-state index in [1.807, 2.05) is 12.1 Å². The van der Waals surface area contributed by atoms with Crippen molar-refractivity contribution in [3.05, 3.63) is 163 Å². The first-order valence-electron chi connectivity index (χ1n) is 27.3. The number of carbonyl (C=O) groups is 2.